The van der Waals surface area contributed by atoms with Crippen LogP contribution >= 0.6 is 0 Å². The van der Waals surface area contributed by atoms with E-state index in [9.17, 15) is 14.4 Å². The maximum Gasteiger partial charge on any atom is 0.263 e. The number of carbonyl (C=O) groups is 3. The Hall–Kier alpha value is -3.35. The summed E-state index contributed by atoms with van der Waals surface area (Å²) in [5.74, 6) is 0.110. The standard InChI is InChI=1S/C25H29N3O4/c1-4-19(5-2)26-24(30)23-15-28(21-8-6-7-9-22(21)32-23)25(31)18-10-11-20-17(14-18)12-13-27(20)16(3)29/h6-11,14,19,23H,4-5,12-13,15H2,1-3H3,(H,26,30). The Morgan fingerprint density at radius 2 is 1.81 bits per heavy atom. The summed E-state index contributed by atoms with van der Waals surface area (Å²) in [5, 5.41) is 3.03. The van der Waals surface area contributed by atoms with Crippen LogP contribution in [0.2, 0.25) is 0 Å². The normalized spacial score (nSPS) is 16.9. The van der Waals surface area contributed by atoms with Gasteiger partial charge < -0.3 is 19.9 Å². The van der Waals surface area contributed by atoms with Gasteiger partial charge in [0.15, 0.2) is 6.10 Å². The van der Waals surface area contributed by atoms with Gasteiger partial charge in [-0.05, 0) is 55.2 Å². The van der Waals surface area contributed by atoms with Crippen molar-refractivity contribution in [2.75, 3.05) is 22.9 Å². The molecular formula is C25H29N3O4. The molecule has 2 aromatic rings. The lowest BCUT2D eigenvalue weighted by molar-refractivity contribution is -0.128. The zero-order valence-corrected chi connectivity index (χ0v) is 18.8. The number of fused-ring (bicyclic) bond motifs is 2. The summed E-state index contributed by atoms with van der Waals surface area (Å²) < 4.78 is 5.96. The van der Waals surface area contributed by atoms with Crippen LogP contribution in [0.25, 0.3) is 0 Å². The van der Waals surface area contributed by atoms with Gasteiger partial charge in [0.05, 0.1) is 12.2 Å². The lowest BCUT2D eigenvalue weighted by Gasteiger charge is -2.35. The Bertz CT molecular complexity index is 1050. The van der Waals surface area contributed by atoms with Crippen LogP contribution in [0.5, 0.6) is 5.75 Å². The molecule has 7 nitrogen and oxygen atoms in total. The molecule has 0 fully saturated rings. The van der Waals surface area contributed by atoms with E-state index in [-0.39, 0.29) is 30.3 Å². The summed E-state index contributed by atoms with van der Waals surface area (Å²) in [4.78, 5) is 41.6. The highest BCUT2D eigenvalue weighted by Gasteiger charge is 2.35. The molecule has 0 saturated heterocycles. The Balaban J connectivity index is 1.61. The van der Waals surface area contributed by atoms with Gasteiger partial charge >= 0.3 is 0 Å². The molecule has 32 heavy (non-hydrogen) atoms. The molecule has 0 saturated carbocycles. The Morgan fingerprint density at radius 1 is 1.06 bits per heavy atom. The molecule has 168 valence electrons. The van der Waals surface area contributed by atoms with E-state index in [0.29, 0.717) is 23.5 Å². The van der Waals surface area contributed by atoms with Crippen LogP contribution in [0.15, 0.2) is 42.5 Å². The fraction of sp³-hybridized carbons (Fsp3) is 0.400. The van der Waals surface area contributed by atoms with E-state index < -0.39 is 6.10 Å². The van der Waals surface area contributed by atoms with Crippen LogP contribution < -0.4 is 19.9 Å². The molecule has 0 aliphatic carbocycles. The van der Waals surface area contributed by atoms with Crippen molar-refractivity contribution in [2.45, 2.75) is 52.2 Å². The van der Waals surface area contributed by atoms with Crippen molar-refractivity contribution >= 4 is 29.1 Å². The zero-order chi connectivity index (χ0) is 22.8. The molecular weight excluding hydrogens is 406 g/mol. The molecule has 3 amide bonds. The highest BCUT2D eigenvalue weighted by Crippen LogP contribution is 2.35. The second-order valence-electron chi connectivity index (χ2n) is 8.28. The number of benzene rings is 2. The number of nitrogens with one attached hydrogen (secondary N) is 1. The monoisotopic (exact) mass is 435 g/mol. The minimum Gasteiger partial charge on any atom is -0.477 e. The van der Waals surface area contributed by atoms with Crippen LogP contribution in [0.1, 0.15) is 49.5 Å². The number of rotatable bonds is 5. The quantitative estimate of drug-likeness (QED) is 0.782. The lowest BCUT2D eigenvalue weighted by Crippen LogP contribution is -2.52. The smallest absolute Gasteiger partial charge is 0.263 e. The maximum absolute atomic E-state index is 13.5. The van der Waals surface area contributed by atoms with Crippen molar-refractivity contribution < 1.29 is 19.1 Å². The van der Waals surface area contributed by atoms with E-state index in [1.807, 2.05) is 44.2 Å². The van der Waals surface area contributed by atoms with Crippen LogP contribution in [0, 0.1) is 0 Å². The van der Waals surface area contributed by atoms with Crippen molar-refractivity contribution in [3.05, 3.63) is 53.6 Å². The number of hydrogen-bond donors (Lipinski definition) is 1. The average molecular weight is 436 g/mol. The van der Waals surface area contributed by atoms with Gasteiger partial charge in [-0.15, -0.1) is 0 Å². The van der Waals surface area contributed by atoms with Gasteiger partial charge in [0.1, 0.15) is 5.75 Å². The fourth-order valence-corrected chi connectivity index (χ4v) is 4.37. The van der Waals surface area contributed by atoms with Gasteiger partial charge in [0, 0.05) is 30.8 Å². The topological polar surface area (TPSA) is 79.0 Å². The Labute approximate surface area is 188 Å². The molecule has 2 aliphatic rings. The van der Waals surface area contributed by atoms with Gasteiger partial charge in [0.2, 0.25) is 5.91 Å². The minimum absolute atomic E-state index is 0.00347. The summed E-state index contributed by atoms with van der Waals surface area (Å²) >= 11 is 0. The van der Waals surface area contributed by atoms with Gasteiger partial charge in [-0.25, -0.2) is 0 Å². The zero-order valence-electron chi connectivity index (χ0n) is 18.8. The molecule has 0 spiro atoms. The van der Waals surface area contributed by atoms with E-state index in [0.717, 1.165) is 30.5 Å². The van der Waals surface area contributed by atoms with E-state index in [2.05, 4.69) is 5.32 Å². The number of anilines is 2. The first kappa shape index (κ1) is 21.9. The Kier molecular flexibility index (Phi) is 6.17. The number of carbonyl (C=O) groups excluding carboxylic acids is 3. The molecule has 4 rings (SSSR count). The van der Waals surface area contributed by atoms with Crippen molar-refractivity contribution in [3.63, 3.8) is 0 Å². The predicted octanol–water partition coefficient (Wildman–Crippen LogP) is 3.31. The SMILES string of the molecule is CCC(CC)NC(=O)C1CN(C(=O)c2ccc3c(c2)CCN3C(C)=O)c2ccccc2O1. The third kappa shape index (κ3) is 4.07. The largest absolute Gasteiger partial charge is 0.477 e. The molecule has 7 heteroatoms. The number of ether oxygens (including phenoxy) is 1. The van der Waals surface area contributed by atoms with Gasteiger partial charge in [-0.3, -0.25) is 14.4 Å². The van der Waals surface area contributed by atoms with Crippen molar-refractivity contribution in [1.82, 2.24) is 5.32 Å². The molecule has 1 atom stereocenters. The molecule has 2 aliphatic heterocycles. The number of nitrogens with zero attached hydrogens (tertiary/aromatic N) is 2. The first-order chi connectivity index (χ1) is 15.4. The van der Waals surface area contributed by atoms with Crippen LogP contribution in [0.4, 0.5) is 11.4 Å². The number of para-hydroxylation sites is 2. The summed E-state index contributed by atoms with van der Waals surface area (Å²) in [5.41, 5.74) is 3.02. The lowest BCUT2D eigenvalue weighted by atomic mass is 10.1. The predicted molar refractivity (Wildman–Crippen MR) is 123 cm³/mol. The van der Waals surface area contributed by atoms with E-state index in [4.69, 9.17) is 4.74 Å². The molecule has 2 aromatic carbocycles. The van der Waals surface area contributed by atoms with Crippen LogP contribution in [0.3, 0.4) is 0 Å². The molecule has 0 bridgehead atoms. The van der Waals surface area contributed by atoms with E-state index in [1.54, 1.807) is 28.9 Å². The number of amides is 3. The average Bonchev–Trinajstić information content (AvgIpc) is 3.24. The molecule has 0 aromatic heterocycles. The highest BCUT2D eigenvalue weighted by atomic mass is 16.5. The van der Waals surface area contributed by atoms with E-state index in [1.165, 1.54) is 0 Å². The molecule has 0 radical (unpaired) electrons. The second kappa shape index (κ2) is 9.02. The second-order valence-corrected chi connectivity index (χ2v) is 8.28. The third-order valence-corrected chi connectivity index (χ3v) is 6.25. The highest BCUT2D eigenvalue weighted by molar-refractivity contribution is 6.08. The van der Waals surface area contributed by atoms with Gasteiger partial charge in [0.25, 0.3) is 11.8 Å². The van der Waals surface area contributed by atoms with E-state index >= 15 is 0 Å². The van der Waals surface area contributed by atoms with Gasteiger partial charge in [-0.1, -0.05) is 26.0 Å². The number of hydrogen-bond acceptors (Lipinski definition) is 4. The summed E-state index contributed by atoms with van der Waals surface area (Å²) in [7, 11) is 0. The summed E-state index contributed by atoms with van der Waals surface area (Å²) in [6.07, 6.45) is 1.61. The summed E-state index contributed by atoms with van der Waals surface area (Å²) in [6.45, 7) is 6.37. The molecule has 2 heterocycles. The fourth-order valence-electron chi connectivity index (χ4n) is 4.37. The first-order valence-electron chi connectivity index (χ1n) is 11.2. The first-order valence-corrected chi connectivity index (χ1v) is 11.2. The van der Waals surface area contributed by atoms with Crippen molar-refractivity contribution in [3.8, 4) is 5.75 Å². The maximum atomic E-state index is 13.5. The Morgan fingerprint density at radius 3 is 2.53 bits per heavy atom. The van der Waals surface area contributed by atoms with Gasteiger partial charge in [-0.2, -0.15) is 0 Å². The minimum atomic E-state index is -0.780. The van der Waals surface area contributed by atoms with Crippen LogP contribution in [-0.2, 0) is 16.0 Å². The van der Waals surface area contributed by atoms with Crippen molar-refractivity contribution in [2.24, 2.45) is 0 Å². The summed E-state index contributed by atoms with van der Waals surface area (Å²) in [6, 6.07) is 12.8. The van der Waals surface area contributed by atoms with Crippen molar-refractivity contribution in [1.29, 1.82) is 0 Å². The van der Waals surface area contributed by atoms with Crippen LogP contribution in [-0.4, -0.2) is 43.0 Å². The molecule has 1 unspecified atom stereocenters. The third-order valence-electron chi connectivity index (χ3n) is 6.25. The molecule has 1 N–H and O–H groups in total.